The van der Waals surface area contributed by atoms with Crippen LogP contribution in [0.1, 0.15) is 18.9 Å². The van der Waals surface area contributed by atoms with Gasteiger partial charge in [0.25, 0.3) is 0 Å². The lowest BCUT2D eigenvalue weighted by atomic mass is 10.1. The van der Waals surface area contributed by atoms with Crippen LogP contribution >= 0.6 is 15.9 Å². The number of carboxylic acids is 1. The number of amides is 1. The zero-order valence-corrected chi connectivity index (χ0v) is 12.5. The fourth-order valence-electron chi connectivity index (χ4n) is 1.52. The lowest BCUT2D eigenvalue weighted by Crippen LogP contribution is -2.31. The number of nitrogens with one attached hydrogen (secondary N) is 1. The summed E-state index contributed by atoms with van der Waals surface area (Å²) >= 11 is 3.30. The number of phenolic OH excluding ortho intramolecular Hbond substituents is 1. The Labute approximate surface area is 124 Å². The second-order valence-electron chi connectivity index (χ2n) is 3.95. The minimum Gasteiger partial charge on any atom is -0.507 e. The van der Waals surface area contributed by atoms with Gasteiger partial charge in [0.05, 0.1) is 0 Å². The molecule has 6 nitrogen and oxygen atoms in total. The molecule has 0 saturated heterocycles. The lowest BCUT2D eigenvalue weighted by molar-refractivity contribution is -0.137. The molecule has 0 bridgehead atoms. The molecule has 108 valence electrons. The zero-order valence-electron chi connectivity index (χ0n) is 10.9. The predicted molar refractivity (Wildman–Crippen MR) is 78.1 cm³/mol. The Balaban J connectivity index is 2.79. The van der Waals surface area contributed by atoms with Crippen LogP contribution in [0, 0.1) is 0 Å². The molecule has 0 spiro atoms. The highest BCUT2D eigenvalue weighted by atomic mass is 79.9. The van der Waals surface area contributed by atoms with Crippen LogP contribution in [0.4, 0.5) is 0 Å². The molecule has 0 aliphatic heterocycles. The summed E-state index contributed by atoms with van der Waals surface area (Å²) in [6.07, 6.45) is 0.538. The topological polar surface area (TPSA) is 99.0 Å². The number of aliphatic imine (C=N–C) groups is 1. The normalized spacial score (nSPS) is 11.2. The third-order valence-corrected chi connectivity index (χ3v) is 2.95. The van der Waals surface area contributed by atoms with Crippen molar-refractivity contribution in [3.8, 4) is 5.75 Å². The largest absolute Gasteiger partial charge is 0.507 e. The molecule has 0 aliphatic rings. The highest BCUT2D eigenvalue weighted by Crippen LogP contribution is 2.23. The van der Waals surface area contributed by atoms with Crippen molar-refractivity contribution in [2.24, 2.45) is 4.99 Å². The minimum atomic E-state index is -1.11. The first-order valence-corrected chi connectivity index (χ1v) is 6.74. The van der Waals surface area contributed by atoms with Crippen LogP contribution in [0.2, 0.25) is 0 Å². The van der Waals surface area contributed by atoms with E-state index in [1.807, 2.05) is 6.92 Å². The Morgan fingerprint density at radius 2 is 2.10 bits per heavy atom. The van der Waals surface area contributed by atoms with Crippen molar-refractivity contribution in [1.82, 2.24) is 5.32 Å². The number of rotatable bonds is 6. The van der Waals surface area contributed by atoms with Gasteiger partial charge in [0.1, 0.15) is 18.8 Å². The van der Waals surface area contributed by atoms with E-state index >= 15 is 0 Å². The number of benzene rings is 1. The van der Waals surface area contributed by atoms with Gasteiger partial charge in [-0.3, -0.25) is 14.6 Å². The first kappa shape index (κ1) is 16.2. The van der Waals surface area contributed by atoms with E-state index in [0.29, 0.717) is 17.7 Å². The smallest absolute Gasteiger partial charge is 0.322 e. The van der Waals surface area contributed by atoms with Crippen LogP contribution in [0.5, 0.6) is 5.75 Å². The van der Waals surface area contributed by atoms with Crippen LogP contribution in [-0.2, 0) is 9.59 Å². The van der Waals surface area contributed by atoms with Gasteiger partial charge in [0.15, 0.2) is 0 Å². The fourth-order valence-corrected chi connectivity index (χ4v) is 1.89. The molecule has 0 atom stereocenters. The maximum absolute atomic E-state index is 11.4. The van der Waals surface area contributed by atoms with E-state index in [4.69, 9.17) is 5.11 Å². The molecule has 0 aromatic heterocycles. The van der Waals surface area contributed by atoms with Crippen LogP contribution < -0.4 is 5.32 Å². The number of hydrogen-bond acceptors (Lipinski definition) is 4. The first-order chi connectivity index (χ1) is 9.43. The van der Waals surface area contributed by atoms with Gasteiger partial charge in [-0.25, -0.2) is 0 Å². The summed E-state index contributed by atoms with van der Waals surface area (Å²) in [5.74, 6) is -1.50. The van der Waals surface area contributed by atoms with Gasteiger partial charge in [0, 0.05) is 15.7 Å². The summed E-state index contributed by atoms with van der Waals surface area (Å²) in [6.45, 7) is 1.24. The molecule has 1 amide bonds. The van der Waals surface area contributed by atoms with Crippen LogP contribution in [-0.4, -0.2) is 40.9 Å². The molecular weight excluding hydrogens is 328 g/mol. The molecule has 0 unspecified atom stereocenters. The maximum atomic E-state index is 11.4. The van der Waals surface area contributed by atoms with Crippen molar-refractivity contribution in [3.63, 3.8) is 0 Å². The Hall–Kier alpha value is -1.89. The Kier molecular flexibility index (Phi) is 6.17. The Bertz CT molecular complexity index is 543. The van der Waals surface area contributed by atoms with Crippen molar-refractivity contribution in [3.05, 3.63) is 28.2 Å². The summed E-state index contributed by atoms with van der Waals surface area (Å²) in [7, 11) is 0. The van der Waals surface area contributed by atoms with E-state index < -0.39 is 18.4 Å². The van der Waals surface area contributed by atoms with Gasteiger partial charge in [-0.1, -0.05) is 22.9 Å². The van der Waals surface area contributed by atoms with Crippen molar-refractivity contribution < 1.29 is 19.8 Å². The second-order valence-corrected chi connectivity index (χ2v) is 4.86. The summed E-state index contributed by atoms with van der Waals surface area (Å²) in [4.78, 5) is 25.8. The van der Waals surface area contributed by atoms with Crippen molar-refractivity contribution in [2.75, 3.05) is 13.1 Å². The number of hydrogen-bond donors (Lipinski definition) is 3. The molecule has 0 heterocycles. The molecule has 7 heteroatoms. The van der Waals surface area contributed by atoms with E-state index in [1.54, 1.807) is 12.1 Å². The Morgan fingerprint density at radius 1 is 1.40 bits per heavy atom. The monoisotopic (exact) mass is 342 g/mol. The predicted octanol–water partition coefficient (Wildman–Crippen LogP) is 1.55. The number of halogens is 1. The van der Waals surface area contributed by atoms with Crippen LogP contribution in [0.15, 0.2) is 27.7 Å². The fraction of sp³-hybridized carbons (Fsp3) is 0.308. The van der Waals surface area contributed by atoms with Gasteiger partial charge in [-0.05, 0) is 24.6 Å². The van der Waals surface area contributed by atoms with E-state index in [1.165, 1.54) is 6.07 Å². The van der Waals surface area contributed by atoms with Crippen molar-refractivity contribution >= 4 is 33.5 Å². The SMILES string of the molecule is CCC(=NCC(=O)NCC(=O)O)c1cc(Br)ccc1O. The molecule has 20 heavy (non-hydrogen) atoms. The van der Waals surface area contributed by atoms with E-state index in [9.17, 15) is 14.7 Å². The summed E-state index contributed by atoms with van der Waals surface area (Å²) in [5, 5.41) is 20.5. The minimum absolute atomic E-state index is 0.0831. The number of aliphatic carboxylic acids is 1. The van der Waals surface area contributed by atoms with E-state index in [0.717, 1.165) is 4.47 Å². The molecule has 1 aromatic carbocycles. The molecule has 0 saturated carbocycles. The molecule has 1 aromatic rings. The standard InChI is InChI=1S/C13H15BrN2O4/c1-2-10(9-5-8(14)3-4-11(9)17)15-6-12(18)16-7-13(19)20/h3-5,17H,2,6-7H2,1H3,(H,16,18)(H,19,20). The average Bonchev–Trinajstić information content (AvgIpc) is 2.40. The van der Waals surface area contributed by atoms with Crippen LogP contribution in [0.25, 0.3) is 0 Å². The molecule has 0 fully saturated rings. The number of nitrogens with zero attached hydrogens (tertiary/aromatic N) is 1. The number of carbonyl (C=O) groups excluding carboxylic acids is 1. The molecule has 3 N–H and O–H groups in total. The molecular formula is C13H15BrN2O4. The lowest BCUT2D eigenvalue weighted by Gasteiger charge is -2.07. The third kappa shape index (κ3) is 5.00. The highest BCUT2D eigenvalue weighted by Gasteiger charge is 2.09. The van der Waals surface area contributed by atoms with Crippen molar-refractivity contribution in [2.45, 2.75) is 13.3 Å². The second kappa shape index (κ2) is 7.64. The number of carbonyl (C=O) groups is 2. The van der Waals surface area contributed by atoms with Gasteiger partial charge < -0.3 is 15.5 Å². The molecule has 0 radical (unpaired) electrons. The average molecular weight is 343 g/mol. The first-order valence-electron chi connectivity index (χ1n) is 5.94. The number of phenols is 1. The van der Waals surface area contributed by atoms with Crippen LogP contribution in [0.3, 0.4) is 0 Å². The van der Waals surface area contributed by atoms with Gasteiger partial charge in [0.2, 0.25) is 5.91 Å². The Morgan fingerprint density at radius 3 is 2.70 bits per heavy atom. The van der Waals surface area contributed by atoms with Gasteiger partial charge >= 0.3 is 5.97 Å². The summed E-state index contributed by atoms with van der Waals surface area (Å²) in [5.41, 5.74) is 1.13. The quantitative estimate of drug-likeness (QED) is 0.683. The molecule has 1 rings (SSSR count). The highest BCUT2D eigenvalue weighted by molar-refractivity contribution is 9.10. The summed E-state index contributed by atoms with van der Waals surface area (Å²) < 4.78 is 0.793. The maximum Gasteiger partial charge on any atom is 0.322 e. The third-order valence-electron chi connectivity index (χ3n) is 2.45. The number of aromatic hydroxyl groups is 1. The van der Waals surface area contributed by atoms with Gasteiger partial charge in [-0.15, -0.1) is 0 Å². The van der Waals surface area contributed by atoms with Crippen molar-refractivity contribution in [1.29, 1.82) is 0 Å². The van der Waals surface area contributed by atoms with E-state index in [2.05, 4.69) is 26.2 Å². The zero-order chi connectivity index (χ0) is 15.1. The summed E-state index contributed by atoms with van der Waals surface area (Å²) in [6, 6.07) is 4.95. The van der Waals surface area contributed by atoms with E-state index in [-0.39, 0.29) is 12.3 Å². The molecule has 0 aliphatic carbocycles. The van der Waals surface area contributed by atoms with Gasteiger partial charge in [-0.2, -0.15) is 0 Å². The number of carboxylic acid groups (broad SMARTS) is 1.